The molecule has 0 aliphatic rings. The highest BCUT2D eigenvalue weighted by atomic mass is 79.9. The highest BCUT2D eigenvalue weighted by Gasteiger charge is 2.23. The Morgan fingerprint density at radius 1 is 0.769 bits per heavy atom. The van der Waals surface area contributed by atoms with Crippen molar-refractivity contribution in [3.8, 4) is 11.1 Å². The van der Waals surface area contributed by atoms with Crippen molar-refractivity contribution in [2.45, 2.75) is 17.2 Å². The van der Waals surface area contributed by atoms with Crippen molar-refractivity contribution in [1.29, 1.82) is 0 Å². The Morgan fingerprint density at radius 2 is 1.44 bits per heavy atom. The van der Waals surface area contributed by atoms with Crippen molar-refractivity contribution in [2.75, 3.05) is 0 Å². The van der Waals surface area contributed by atoms with Crippen molar-refractivity contribution in [1.82, 2.24) is 4.57 Å². The van der Waals surface area contributed by atoms with Crippen LogP contribution in [0.4, 0.5) is 0 Å². The number of rotatable bonds is 8. The Bertz CT molecular complexity index is 1750. The number of fused-ring (bicyclic) bond motifs is 1. The first-order valence-electron chi connectivity index (χ1n) is 12.0. The molecule has 1 heterocycles. The lowest BCUT2D eigenvalue weighted by Crippen LogP contribution is -2.28. The van der Waals surface area contributed by atoms with Crippen LogP contribution in [0.3, 0.4) is 0 Å². The van der Waals surface area contributed by atoms with Gasteiger partial charge in [0.25, 0.3) is 5.56 Å². The van der Waals surface area contributed by atoms with Crippen molar-refractivity contribution in [2.24, 2.45) is 0 Å². The van der Waals surface area contributed by atoms with E-state index in [2.05, 4.69) is 15.9 Å². The SMILES string of the molecule is O=C(O)c1ccc(SCc2ccc(Cn3c(C(=O)O)c(-c4ccccc4)c4cc(Br)ccc4c3=O)cc2)cc1. The molecule has 0 atom stereocenters. The number of benzene rings is 4. The molecule has 1 aromatic heterocycles. The van der Waals surface area contributed by atoms with Crippen LogP contribution in [0.15, 0.2) is 111 Å². The summed E-state index contributed by atoms with van der Waals surface area (Å²) in [6, 6.07) is 29.0. The van der Waals surface area contributed by atoms with E-state index in [-0.39, 0.29) is 23.4 Å². The summed E-state index contributed by atoms with van der Waals surface area (Å²) >= 11 is 5.04. The standard InChI is InChI=1S/C31H22BrNO5S/c32-23-12-15-25-26(16-23)27(21-4-2-1-3-5-21)28(31(37)38)33(29(25)34)17-19-6-8-20(9-7-19)18-39-24-13-10-22(11-14-24)30(35)36/h1-16H,17-18H2,(H,35,36)(H,37,38). The molecule has 0 fully saturated rings. The number of aromatic nitrogens is 1. The van der Waals surface area contributed by atoms with Gasteiger partial charge in [-0.3, -0.25) is 9.36 Å². The maximum absolute atomic E-state index is 13.6. The molecular weight excluding hydrogens is 578 g/mol. The minimum absolute atomic E-state index is 0.0544. The van der Waals surface area contributed by atoms with E-state index in [1.165, 1.54) is 4.57 Å². The van der Waals surface area contributed by atoms with E-state index in [4.69, 9.17) is 5.11 Å². The van der Waals surface area contributed by atoms with Gasteiger partial charge in [-0.1, -0.05) is 70.5 Å². The molecule has 0 radical (unpaired) electrons. The summed E-state index contributed by atoms with van der Waals surface area (Å²) in [5, 5.41) is 20.4. The third kappa shape index (κ3) is 5.67. The molecule has 0 spiro atoms. The van der Waals surface area contributed by atoms with Gasteiger partial charge in [0.1, 0.15) is 5.69 Å². The largest absolute Gasteiger partial charge is 0.478 e. The van der Waals surface area contributed by atoms with Crippen LogP contribution in [-0.2, 0) is 12.3 Å². The smallest absolute Gasteiger partial charge is 0.353 e. The number of carbonyl (C=O) groups is 2. The van der Waals surface area contributed by atoms with Gasteiger partial charge in [0.05, 0.1) is 12.1 Å². The van der Waals surface area contributed by atoms with Gasteiger partial charge in [-0.25, -0.2) is 9.59 Å². The molecule has 5 rings (SSSR count). The number of thioether (sulfide) groups is 1. The van der Waals surface area contributed by atoms with Crippen LogP contribution in [0.1, 0.15) is 32.0 Å². The van der Waals surface area contributed by atoms with E-state index in [1.807, 2.05) is 54.6 Å². The van der Waals surface area contributed by atoms with Crippen molar-refractivity contribution >= 4 is 50.4 Å². The Morgan fingerprint density at radius 3 is 2.08 bits per heavy atom. The number of carboxylic acids is 2. The maximum atomic E-state index is 13.6. The Labute approximate surface area is 236 Å². The molecule has 5 aromatic rings. The van der Waals surface area contributed by atoms with E-state index in [1.54, 1.807) is 54.2 Å². The first kappa shape index (κ1) is 26.5. The van der Waals surface area contributed by atoms with Gasteiger partial charge in [0.15, 0.2) is 0 Å². The fourth-order valence-corrected chi connectivity index (χ4v) is 5.69. The van der Waals surface area contributed by atoms with Gasteiger partial charge in [-0.05, 0) is 64.5 Å². The molecule has 0 saturated heterocycles. The molecule has 6 nitrogen and oxygen atoms in total. The third-order valence-electron chi connectivity index (χ3n) is 6.37. The normalized spacial score (nSPS) is 11.0. The van der Waals surface area contributed by atoms with E-state index >= 15 is 0 Å². The van der Waals surface area contributed by atoms with Gasteiger partial charge >= 0.3 is 11.9 Å². The van der Waals surface area contributed by atoms with Crippen molar-refractivity contribution in [3.63, 3.8) is 0 Å². The Hall–Kier alpha value is -4.14. The second-order valence-electron chi connectivity index (χ2n) is 8.91. The lowest BCUT2D eigenvalue weighted by atomic mass is 9.96. The molecule has 39 heavy (non-hydrogen) atoms. The number of pyridine rings is 1. The number of halogens is 1. The van der Waals surface area contributed by atoms with Gasteiger partial charge in [0, 0.05) is 26.1 Å². The summed E-state index contributed by atoms with van der Waals surface area (Å²) in [5.41, 5.74) is 2.90. The van der Waals surface area contributed by atoms with Crippen LogP contribution in [0.2, 0.25) is 0 Å². The van der Waals surface area contributed by atoms with Gasteiger partial charge in [0.2, 0.25) is 0 Å². The second kappa shape index (κ2) is 11.3. The van der Waals surface area contributed by atoms with Crippen LogP contribution in [-0.4, -0.2) is 26.7 Å². The second-order valence-corrected chi connectivity index (χ2v) is 10.9. The quantitative estimate of drug-likeness (QED) is 0.184. The van der Waals surface area contributed by atoms with Crippen LogP contribution in [0.25, 0.3) is 21.9 Å². The maximum Gasteiger partial charge on any atom is 0.353 e. The molecule has 0 unspecified atom stereocenters. The highest BCUT2D eigenvalue weighted by molar-refractivity contribution is 9.10. The van der Waals surface area contributed by atoms with E-state index < -0.39 is 11.9 Å². The van der Waals surface area contributed by atoms with Crippen LogP contribution >= 0.6 is 27.7 Å². The summed E-state index contributed by atoms with van der Waals surface area (Å²) < 4.78 is 2.10. The van der Waals surface area contributed by atoms with Gasteiger partial charge < -0.3 is 10.2 Å². The fourth-order valence-electron chi connectivity index (χ4n) is 4.47. The molecule has 0 aliphatic carbocycles. The zero-order valence-corrected chi connectivity index (χ0v) is 22.9. The minimum atomic E-state index is -1.17. The zero-order valence-electron chi connectivity index (χ0n) is 20.5. The predicted octanol–water partition coefficient (Wildman–Crippen LogP) is 7.17. The molecule has 0 saturated carbocycles. The molecular formula is C31H22BrNO5S. The number of aromatic carboxylic acids is 2. The molecule has 0 aliphatic heterocycles. The summed E-state index contributed by atoms with van der Waals surface area (Å²) in [6.07, 6.45) is 0. The van der Waals surface area contributed by atoms with Crippen LogP contribution in [0, 0.1) is 0 Å². The third-order valence-corrected chi connectivity index (χ3v) is 7.95. The average molecular weight is 600 g/mol. The van der Waals surface area contributed by atoms with E-state index in [0.29, 0.717) is 22.1 Å². The molecule has 4 aromatic carbocycles. The Balaban J connectivity index is 1.48. The molecule has 194 valence electrons. The first-order valence-corrected chi connectivity index (χ1v) is 13.8. The lowest BCUT2D eigenvalue weighted by molar-refractivity contribution is 0.0679. The van der Waals surface area contributed by atoms with Crippen molar-refractivity contribution < 1.29 is 19.8 Å². The van der Waals surface area contributed by atoms with E-state index in [0.717, 1.165) is 26.1 Å². The minimum Gasteiger partial charge on any atom is -0.478 e. The fraction of sp³-hybridized carbons (Fsp3) is 0.0645. The molecule has 0 bridgehead atoms. The summed E-state index contributed by atoms with van der Waals surface area (Å²) in [7, 11) is 0. The monoisotopic (exact) mass is 599 g/mol. The summed E-state index contributed by atoms with van der Waals surface area (Å²) in [5.74, 6) is -1.45. The molecule has 0 amide bonds. The number of nitrogens with zero attached hydrogens (tertiary/aromatic N) is 1. The summed E-state index contributed by atoms with van der Waals surface area (Å²) in [6.45, 7) is 0.108. The average Bonchev–Trinajstić information content (AvgIpc) is 2.94. The number of hydrogen-bond acceptors (Lipinski definition) is 4. The lowest BCUT2D eigenvalue weighted by Gasteiger charge is -2.18. The van der Waals surface area contributed by atoms with Gasteiger partial charge in [-0.2, -0.15) is 0 Å². The topological polar surface area (TPSA) is 96.6 Å². The van der Waals surface area contributed by atoms with E-state index in [9.17, 15) is 19.5 Å². The summed E-state index contributed by atoms with van der Waals surface area (Å²) in [4.78, 5) is 38.2. The van der Waals surface area contributed by atoms with Crippen LogP contribution < -0.4 is 5.56 Å². The van der Waals surface area contributed by atoms with Crippen LogP contribution in [0.5, 0.6) is 0 Å². The molecule has 8 heteroatoms. The van der Waals surface area contributed by atoms with Crippen molar-refractivity contribution in [3.05, 3.63) is 134 Å². The van der Waals surface area contributed by atoms with Gasteiger partial charge in [-0.15, -0.1) is 11.8 Å². The number of carboxylic acid groups (broad SMARTS) is 2. The zero-order chi connectivity index (χ0) is 27.5. The number of hydrogen-bond donors (Lipinski definition) is 2. The molecule has 2 N–H and O–H groups in total. The predicted molar refractivity (Wildman–Crippen MR) is 157 cm³/mol. The highest BCUT2D eigenvalue weighted by Crippen LogP contribution is 2.33. The Kier molecular flexibility index (Phi) is 7.67. The first-order chi connectivity index (χ1) is 18.8.